The lowest BCUT2D eigenvalue weighted by atomic mass is 11.4. The predicted octanol–water partition coefficient (Wildman–Crippen LogP) is 1.02. The third-order valence-electron chi connectivity index (χ3n) is 0.241. The molecule has 0 aromatic rings. The third-order valence-corrected chi connectivity index (χ3v) is 1.44. The first-order valence-electron chi connectivity index (χ1n) is 1.71. The second-order valence-electron chi connectivity index (χ2n) is 0.658. The van der Waals surface area contributed by atoms with Gasteiger partial charge in [0.1, 0.15) is 0 Å². The Hall–Kier alpha value is 0.220. The molecule has 0 atom stereocenters. The molecule has 0 bridgehead atoms. The van der Waals surface area contributed by atoms with Gasteiger partial charge in [0.25, 0.3) is 0 Å². The molecule has 0 aliphatic carbocycles. The van der Waals surface area contributed by atoms with Crippen molar-refractivity contribution in [2.75, 3.05) is 0 Å². The van der Waals surface area contributed by atoms with E-state index in [9.17, 15) is 0 Å². The topological polar surface area (TPSA) is 76.8 Å². The van der Waals surface area contributed by atoms with Gasteiger partial charge in [-0.1, -0.05) is 0 Å². The van der Waals surface area contributed by atoms with Gasteiger partial charge < -0.3 is 11.5 Å². The number of hydrogen-bond donors (Lipinski definition) is 2. The van der Waals surface area contributed by atoms with Gasteiger partial charge in [0, 0.05) is 0 Å². The second kappa shape index (κ2) is 16.1. The maximum atomic E-state index is 4.90. The van der Waals surface area contributed by atoms with Crippen molar-refractivity contribution < 1.29 is 0 Å². The van der Waals surface area contributed by atoms with Crippen molar-refractivity contribution in [3.63, 3.8) is 0 Å². The van der Waals surface area contributed by atoms with Gasteiger partial charge in [-0.3, -0.25) is 0 Å². The van der Waals surface area contributed by atoms with Crippen molar-refractivity contribution >= 4 is 59.5 Å². The van der Waals surface area contributed by atoms with E-state index in [-0.39, 0.29) is 24.8 Å². The first-order chi connectivity index (χ1) is 3.91. The van der Waals surface area contributed by atoms with Crippen LogP contribution in [-0.4, -0.2) is 12.7 Å². The van der Waals surface area contributed by atoms with E-state index < -0.39 is 0 Å². The summed E-state index contributed by atoms with van der Waals surface area (Å²) in [5.74, 6) is 0. The molecule has 0 aromatic carbocycles. The number of hydrogen-bond acceptors (Lipinski definition) is 4. The zero-order valence-electron chi connectivity index (χ0n) is 4.84. The molecule has 0 rings (SSSR count). The van der Waals surface area contributed by atoms with Crippen LogP contribution in [-0.2, 0) is 0 Å². The summed E-state index contributed by atoms with van der Waals surface area (Å²) in [6.07, 6.45) is 2.40. The van der Waals surface area contributed by atoms with E-state index in [1.807, 2.05) is 0 Å². The van der Waals surface area contributed by atoms with Crippen LogP contribution in [0, 0.1) is 0 Å². The third kappa shape index (κ3) is 15.7. The Morgan fingerprint density at radius 1 is 0.900 bits per heavy atom. The van der Waals surface area contributed by atoms with Crippen molar-refractivity contribution in [2.45, 2.75) is 0 Å². The molecule has 0 saturated heterocycles. The van der Waals surface area contributed by atoms with Crippen LogP contribution < -0.4 is 11.5 Å². The van der Waals surface area contributed by atoms with Crippen molar-refractivity contribution in [3.05, 3.63) is 0 Å². The standard InChI is InChI=1S/C2H6N4S2.2ClH/c3-1-5-7-8-6-2-4;;/h1-2H,(H2,3,5)(H2,4,6);2*1H. The highest BCUT2D eigenvalue weighted by Gasteiger charge is 1.74. The highest BCUT2D eigenvalue weighted by Crippen LogP contribution is 2.21. The molecule has 0 heterocycles. The van der Waals surface area contributed by atoms with Crippen LogP contribution in [0.4, 0.5) is 0 Å². The minimum atomic E-state index is 0. The number of rotatable bonds is 3. The molecular weight excluding hydrogens is 215 g/mol. The fourth-order valence-corrected chi connectivity index (χ4v) is 0.794. The zero-order valence-corrected chi connectivity index (χ0v) is 8.10. The van der Waals surface area contributed by atoms with Crippen LogP contribution in [0.25, 0.3) is 0 Å². The van der Waals surface area contributed by atoms with Gasteiger partial charge in [-0.25, -0.2) is 0 Å². The Kier molecular flexibility index (Phi) is 26.8. The minimum Gasteiger partial charge on any atom is -0.389 e. The molecule has 4 N–H and O–H groups in total. The summed E-state index contributed by atoms with van der Waals surface area (Å²) in [4.78, 5) is 0. The van der Waals surface area contributed by atoms with Crippen LogP contribution >= 0.6 is 46.8 Å². The van der Waals surface area contributed by atoms with E-state index in [1.54, 1.807) is 0 Å². The molecule has 62 valence electrons. The smallest absolute Gasteiger partial charge is 0.0948 e. The average Bonchev–Trinajstić information content (AvgIpc) is 1.81. The van der Waals surface area contributed by atoms with Crippen LogP contribution in [0.15, 0.2) is 8.80 Å². The summed E-state index contributed by atoms with van der Waals surface area (Å²) >= 11 is 0. The summed E-state index contributed by atoms with van der Waals surface area (Å²) in [5.41, 5.74) is 9.80. The molecule has 0 spiro atoms. The fraction of sp³-hybridized carbons (Fsp3) is 0. The summed E-state index contributed by atoms with van der Waals surface area (Å²) in [6, 6.07) is 0. The van der Waals surface area contributed by atoms with Crippen LogP contribution in [0.1, 0.15) is 0 Å². The van der Waals surface area contributed by atoms with E-state index in [0.717, 1.165) is 22.0 Å². The molecule has 0 aromatic heterocycles. The first kappa shape index (κ1) is 16.7. The first-order valence-corrected chi connectivity index (χ1v) is 3.78. The summed E-state index contributed by atoms with van der Waals surface area (Å²) in [7, 11) is 2.32. The molecule has 0 radical (unpaired) electrons. The molecule has 0 aliphatic heterocycles. The Balaban J connectivity index is -0.000000245. The van der Waals surface area contributed by atoms with E-state index >= 15 is 0 Å². The maximum absolute atomic E-state index is 4.90. The Morgan fingerprint density at radius 2 is 1.20 bits per heavy atom. The second-order valence-corrected chi connectivity index (χ2v) is 2.27. The summed E-state index contributed by atoms with van der Waals surface area (Å²) < 4.78 is 7.14. The monoisotopic (exact) mass is 222 g/mol. The van der Waals surface area contributed by atoms with Crippen LogP contribution in [0.3, 0.4) is 0 Å². The minimum absolute atomic E-state index is 0. The Labute approximate surface area is 79.8 Å². The maximum Gasteiger partial charge on any atom is 0.0948 e. The fourth-order valence-electron chi connectivity index (χ4n) is 0.0882. The molecule has 0 saturated carbocycles. The lowest BCUT2D eigenvalue weighted by Gasteiger charge is -1.79. The van der Waals surface area contributed by atoms with Crippen molar-refractivity contribution in [2.24, 2.45) is 20.3 Å². The predicted molar refractivity (Wildman–Crippen MR) is 55.0 cm³/mol. The normalized spacial score (nSPS) is 9.20. The molecule has 0 fully saturated rings. The average molecular weight is 223 g/mol. The lowest BCUT2D eigenvalue weighted by molar-refractivity contribution is 1.78. The van der Waals surface area contributed by atoms with Crippen molar-refractivity contribution in [1.82, 2.24) is 0 Å². The van der Waals surface area contributed by atoms with Gasteiger partial charge in [-0.2, -0.15) is 8.80 Å². The van der Waals surface area contributed by atoms with Gasteiger partial charge in [-0.05, 0) is 0 Å². The van der Waals surface area contributed by atoms with Gasteiger partial charge >= 0.3 is 0 Å². The van der Waals surface area contributed by atoms with Gasteiger partial charge in [0.15, 0.2) is 0 Å². The van der Waals surface area contributed by atoms with Gasteiger partial charge in [0.05, 0.1) is 34.6 Å². The summed E-state index contributed by atoms with van der Waals surface area (Å²) in [5, 5.41) is 0. The molecule has 0 amide bonds. The van der Waals surface area contributed by atoms with E-state index in [1.165, 1.54) is 12.7 Å². The van der Waals surface area contributed by atoms with E-state index in [2.05, 4.69) is 8.80 Å². The number of nitrogens with two attached hydrogens (primary N) is 2. The molecule has 0 unspecified atom stereocenters. The molecule has 8 heteroatoms. The highest BCUT2D eigenvalue weighted by molar-refractivity contribution is 8.75. The molecule has 4 nitrogen and oxygen atoms in total. The van der Waals surface area contributed by atoms with Crippen LogP contribution in [0.2, 0.25) is 0 Å². The summed E-state index contributed by atoms with van der Waals surface area (Å²) in [6.45, 7) is 0. The van der Waals surface area contributed by atoms with Crippen LogP contribution in [0.5, 0.6) is 0 Å². The number of nitrogens with zero attached hydrogens (tertiary/aromatic N) is 2. The van der Waals surface area contributed by atoms with Crippen molar-refractivity contribution in [1.29, 1.82) is 0 Å². The number of halogens is 2. The largest absolute Gasteiger partial charge is 0.389 e. The van der Waals surface area contributed by atoms with E-state index in [4.69, 9.17) is 11.5 Å². The highest BCUT2D eigenvalue weighted by atomic mass is 35.5. The molecular formula is C2H8Cl2N4S2. The SMILES string of the molecule is Cl.Cl.NC=NSSN=CN. The molecule has 10 heavy (non-hydrogen) atoms. The Morgan fingerprint density at radius 3 is 1.40 bits per heavy atom. The quantitative estimate of drug-likeness (QED) is 0.246. The van der Waals surface area contributed by atoms with Crippen molar-refractivity contribution in [3.8, 4) is 0 Å². The van der Waals surface area contributed by atoms with E-state index in [0.29, 0.717) is 0 Å². The van der Waals surface area contributed by atoms with Gasteiger partial charge in [-0.15, -0.1) is 24.8 Å². The zero-order chi connectivity index (χ0) is 6.24. The Bertz CT molecular complexity index is 85.3. The molecule has 0 aliphatic rings. The lowest BCUT2D eigenvalue weighted by Crippen LogP contribution is -1.85. The van der Waals surface area contributed by atoms with Gasteiger partial charge in [0.2, 0.25) is 0 Å².